The Labute approximate surface area is 179 Å². The molecular weight excluding hydrogens is 376 g/mol. The van der Waals surface area contributed by atoms with Crippen LogP contribution in [0.4, 0.5) is 0 Å². The van der Waals surface area contributed by atoms with Gasteiger partial charge in [-0.05, 0) is 54.9 Å². The number of hydroxylamine groups is 1. The van der Waals surface area contributed by atoms with Gasteiger partial charge >= 0.3 is 5.97 Å². The first kappa shape index (κ1) is 22.3. The highest BCUT2D eigenvalue weighted by Gasteiger charge is 2.24. The maximum atomic E-state index is 11.2. The summed E-state index contributed by atoms with van der Waals surface area (Å²) >= 11 is 0. The van der Waals surface area contributed by atoms with Crippen molar-refractivity contribution in [1.82, 2.24) is 5.48 Å². The molecule has 2 aliphatic carbocycles. The molecule has 2 atom stereocenters. The van der Waals surface area contributed by atoms with Crippen LogP contribution < -0.4 is 16.1 Å². The summed E-state index contributed by atoms with van der Waals surface area (Å²) in [6.07, 6.45) is 9.18. The van der Waals surface area contributed by atoms with Gasteiger partial charge in [0.25, 0.3) is 0 Å². The van der Waals surface area contributed by atoms with E-state index in [2.05, 4.69) is 29.7 Å². The highest BCUT2D eigenvalue weighted by Crippen LogP contribution is 2.30. The van der Waals surface area contributed by atoms with Crippen LogP contribution in [0.1, 0.15) is 62.1 Å². The first-order valence-electron chi connectivity index (χ1n) is 11.1. The zero-order valence-corrected chi connectivity index (χ0v) is 17.6. The second kappa shape index (κ2) is 11.7. The van der Waals surface area contributed by atoms with Crippen molar-refractivity contribution in [2.45, 2.75) is 57.4 Å². The summed E-state index contributed by atoms with van der Waals surface area (Å²) < 4.78 is 0. The molecule has 2 aliphatic rings. The fraction of sp³-hybridized carbons (Fsp3) is 0.480. The molecule has 162 valence electrons. The molecule has 0 amide bonds. The lowest BCUT2D eigenvalue weighted by atomic mass is 9.88. The Morgan fingerprint density at radius 1 is 1.03 bits per heavy atom. The molecule has 5 nitrogen and oxygen atoms in total. The van der Waals surface area contributed by atoms with Crippen molar-refractivity contribution in [3.63, 3.8) is 0 Å². The van der Waals surface area contributed by atoms with Crippen molar-refractivity contribution in [3.8, 4) is 5.75 Å². The van der Waals surface area contributed by atoms with Crippen molar-refractivity contribution in [1.29, 1.82) is 0 Å². The lowest BCUT2D eigenvalue weighted by molar-refractivity contribution is -0.142. The van der Waals surface area contributed by atoms with Gasteiger partial charge in [0.2, 0.25) is 0 Å². The first-order chi connectivity index (χ1) is 14.6. The first-order valence-corrected chi connectivity index (χ1v) is 11.1. The van der Waals surface area contributed by atoms with Crippen molar-refractivity contribution in [2.24, 2.45) is 17.6 Å². The molecular formula is C25H34N2O3. The van der Waals surface area contributed by atoms with Crippen molar-refractivity contribution in [3.05, 3.63) is 65.7 Å². The van der Waals surface area contributed by atoms with Crippen molar-refractivity contribution < 1.29 is 14.7 Å². The number of aryl methyl sites for hydroxylation is 1. The van der Waals surface area contributed by atoms with Crippen LogP contribution in [0, 0.1) is 11.8 Å². The lowest BCUT2D eigenvalue weighted by Crippen LogP contribution is -2.31. The molecule has 5 heteroatoms. The highest BCUT2D eigenvalue weighted by molar-refractivity contribution is 5.70. The number of carboxylic acids is 1. The summed E-state index contributed by atoms with van der Waals surface area (Å²) in [6, 6.07) is 18.1. The van der Waals surface area contributed by atoms with E-state index >= 15 is 0 Å². The number of aliphatic carboxylic acids is 1. The van der Waals surface area contributed by atoms with E-state index in [4.69, 9.17) is 10.6 Å². The van der Waals surface area contributed by atoms with Gasteiger partial charge < -0.3 is 15.7 Å². The Hall–Kier alpha value is -2.37. The fourth-order valence-electron chi connectivity index (χ4n) is 4.43. The SMILES string of the molecule is N[C@@H]1CCCc2ccccc21.O=C(O)[C@H](CNOc1ccccc1)CC1CCCC1. The molecule has 2 aromatic carbocycles. The monoisotopic (exact) mass is 410 g/mol. The van der Waals surface area contributed by atoms with Crippen molar-refractivity contribution >= 4 is 5.97 Å². The Morgan fingerprint density at radius 2 is 1.73 bits per heavy atom. The van der Waals surface area contributed by atoms with Gasteiger partial charge in [0, 0.05) is 12.6 Å². The third-order valence-corrected chi connectivity index (χ3v) is 6.12. The van der Waals surface area contributed by atoms with Crippen LogP contribution in [-0.4, -0.2) is 17.6 Å². The van der Waals surface area contributed by atoms with Gasteiger partial charge in [-0.3, -0.25) is 4.79 Å². The Bertz CT molecular complexity index is 775. The quantitative estimate of drug-likeness (QED) is 0.567. The van der Waals surface area contributed by atoms with Crippen LogP contribution in [0.5, 0.6) is 5.75 Å². The highest BCUT2D eigenvalue weighted by atomic mass is 16.6. The Morgan fingerprint density at radius 3 is 2.43 bits per heavy atom. The topological polar surface area (TPSA) is 84.6 Å². The van der Waals surface area contributed by atoms with E-state index in [0.717, 1.165) is 12.8 Å². The Kier molecular flexibility index (Phi) is 8.72. The van der Waals surface area contributed by atoms with Gasteiger partial charge in [-0.2, -0.15) is 5.48 Å². The largest absolute Gasteiger partial charge is 0.481 e. The van der Waals surface area contributed by atoms with E-state index in [0.29, 0.717) is 24.3 Å². The van der Waals surface area contributed by atoms with Gasteiger partial charge in [0.1, 0.15) is 5.75 Å². The molecule has 0 spiro atoms. The zero-order chi connectivity index (χ0) is 21.2. The fourth-order valence-corrected chi connectivity index (χ4v) is 4.43. The number of benzene rings is 2. The van der Waals surface area contributed by atoms with Gasteiger partial charge in [0.05, 0.1) is 5.92 Å². The maximum Gasteiger partial charge on any atom is 0.307 e. The molecule has 0 aliphatic heterocycles. The number of para-hydroxylation sites is 1. The number of carbonyl (C=O) groups is 1. The molecule has 0 saturated heterocycles. The van der Waals surface area contributed by atoms with Crippen LogP contribution >= 0.6 is 0 Å². The number of hydrogen-bond acceptors (Lipinski definition) is 4. The summed E-state index contributed by atoms with van der Waals surface area (Å²) in [5, 5.41) is 9.24. The molecule has 0 radical (unpaired) electrons. The standard InChI is InChI=1S/C15H21NO3.C10H13N/c17-15(18)13(10-12-6-4-5-7-12)11-16-19-14-8-2-1-3-9-14;11-10-7-3-5-8-4-1-2-6-9(8)10/h1-3,8-9,12-13,16H,4-7,10-11H2,(H,17,18);1-2,4,6,10H,3,5,7,11H2/t13-;10-/m01/s1. The second-order valence-corrected chi connectivity index (χ2v) is 8.38. The lowest BCUT2D eigenvalue weighted by Gasteiger charge is -2.21. The van der Waals surface area contributed by atoms with Gasteiger partial charge in [-0.25, -0.2) is 0 Å². The molecule has 0 heterocycles. The van der Waals surface area contributed by atoms with E-state index in [9.17, 15) is 9.90 Å². The van der Waals surface area contributed by atoms with Crippen LogP contribution in [0.15, 0.2) is 54.6 Å². The number of carboxylic acid groups (broad SMARTS) is 1. The third kappa shape index (κ3) is 6.85. The van der Waals surface area contributed by atoms with Crippen LogP contribution in [0.25, 0.3) is 0 Å². The summed E-state index contributed by atoms with van der Waals surface area (Å²) in [4.78, 5) is 16.6. The number of nitrogens with two attached hydrogens (primary N) is 1. The summed E-state index contributed by atoms with van der Waals surface area (Å²) in [6.45, 7) is 0.348. The van der Waals surface area contributed by atoms with E-state index in [1.165, 1.54) is 49.7 Å². The number of fused-ring (bicyclic) bond motifs is 1. The average molecular weight is 411 g/mol. The zero-order valence-electron chi connectivity index (χ0n) is 17.6. The minimum Gasteiger partial charge on any atom is -0.481 e. The molecule has 4 rings (SSSR count). The van der Waals surface area contributed by atoms with E-state index in [1.807, 2.05) is 30.3 Å². The minimum absolute atomic E-state index is 0.292. The molecule has 1 saturated carbocycles. The molecule has 30 heavy (non-hydrogen) atoms. The number of rotatable bonds is 7. The maximum absolute atomic E-state index is 11.2. The summed E-state index contributed by atoms with van der Waals surface area (Å²) in [5.74, 6) is 0.162. The van der Waals surface area contributed by atoms with Gasteiger partial charge in [-0.15, -0.1) is 0 Å². The molecule has 2 aromatic rings. The Balaban J connectivity index is 0.000000196. The second-order valence-electron chi connectivity index (χ2n) is 8.38. The van der Waals surface area contributed by atoms with Crippen molar-refractivity contribution in [2.75, 3.05) is 6.54 Å². The van der Waals surface area contributed by atoms with Crippen LogP contribution in [0.3, 0.4) is 0 Å². The van der Waals surface area contributed by atoms with Crippen LogP contribution in [-0.2, 0) is 11.2 Å². The van der Waals surface area contributed by atoms with Gasteiger partial charge in [-0.1, -0.05) is 68.1 Å². The summed E-state index contributed by atoms with van der Waals surface area (Å²) in [7, 11) is 0. The predicted octanol–water partition coefficient (Wildman–Crippen LogP) is 4.87. The van der Waals surface area contributed by atoms with Crippen LogP contribution in [0.2, 0.25) is 0 Å². The molecule has 0 unspecified atom stereocenters. The predicted molar refractivity (Wildman–Crippen MR) is 119 cm³/mol. The summed E-state index contributed by atoms with van der Waals surface area (Å²) in [5.41, 5.74) is 11.5. The molecule has 4 N–H and O–H groups in total. The molecule has 0 bridgehead atoms. The van der Waals surface area contributed by atoms with Gasteiger partial charge in [0.15, 0.2) is 0 Å². The van der Waals surface area contributed by atoms with E-state index in [-0.39, 0.29) is 5.92 Å². The molecule has 0 aromatic heterocycles. The van der Waals surface area contributed by atoms with E-state index < -0.39 is 5.97 Å². The normalized spacial score (nSPS) is 19.3. The number of nitrogens with one attached hydrogen (secondary N) is 1. The van der Waals surface area contributed by atoms with E-state index in [1.54, 1.807) is 0 Å². The molecule has 1 fully saturated rings. The average Bonchev–Trinajstić information content (AvgIpc) is 3.28. The third-order valence-electron chi connectivity index (χ3n) is 6.12. The number of hydrogen-bond donors (Lipinski definition) is 3. The minimum atomic E-state index is -0.740. The smallest absolute Gasteiger partial charge is 0.307 e.